The average molecular weight is 683 g/mol. The lowest BCUT2D eigenvalue weighted by molar-refractivity contribution is -0.143. The van der Waals surface area contributed by atoms with Gasteiger partial charge in [0, 0.05) is 25.6 Å². The third kappa shape index (κ3) is 9.81. The molecule has 1 amide bonds. The van der Waals surface area contributed by atoms with Gasteiger partial charge < -0.3 is 14.8 Å². The van der Waals surface area contributed by atoms with Crippen LogP contribution in [0.4, 0.5) is 9.18 Å². The highest BCUT2D eigenvalue weighted by Gasteiger charge is 2.33. The molecule has 10 heteroatoms. The Labute approximate surface area is 286 Å². The van der Waals surface area contributed by atoms with Gasteiger partial charge in [0.15, 0.2) is 0 Å². The number of nitrogens with zero attached hydrogens (tertiary/aromatic N) is 1. The summed E-state index contributed by atoms with van der Waals surface area (Å²) in [5, 5.41) is 2.79. The van der Waals surface area contributed by atoms with Gasteiger partial charge in [-0.2, -0.15) is 4.31 Å². The molecule has 0 spiro atoms. The maximum Gasteiger partial charge on any atom is 0.407 e. The minimum atomic E-state index is -3.32. The summed E-state index contributed by atoms with van der Waals surface area (Å²) in [6.45, 7) is 14.7. The quantitative estimate of drug-likeness (QED) is 0.137. The number of esters is 1. The van der Waals surface area contributed by atoms with Gasteiger partial charge in [-0.05, 0) is 124 Å². The van der Waals surface area contributed by atoms with Gasteiger partial charge in [0.05, 0.1) is 17.9 Å². The molecule has 0 fully saturated rings. The van der Waals surface area contributed by atoms with Crippen LogP contribution in [0.25, 0.3) is 0 Å². The Hall–Kier alpha value is -3.44. The zero-order valence-corrected chi connectivity index (χ0v) is 30.1. The first-order valence-corrected chi connectivity index (χ1v) is 18.2. The summed E-state index contributed by atoms with van der Waals surface area (Å²) in [5.41, 5.74) is 5.83. The average Bonchev–Trinajstić information content (AvgIpc) is 3.07. The van der Waals surface area contributed by atoms with Crippen LogP contribution in [0.3, 0.4) is 0 Å². The summed E-state index contributed by atoms with van der Waals surface area (Å²) in [6, 6.07) is 16.4. The summed E-state index contributed by atoms with van der Waals surface area (Å²) in [6.07, 6.45) is 1.82. The van der Waals surface area contributed by atoms with Crippen molar-refractivity contribution < 1.29 is 32.6 Å². The lowest BCUT2D eigenvalue weighted by Gasteiger charge is -2.43. The SMILES string of the molecule is CCOC(=O)CC(c1ccc(C)c(CN2CC(C)Cc3cc(CCCNC(=O)OC(C)(C)C)ccc3S2(O)O)c1)c1ccc(F)cc1C. The second kappa shape index (κ2) is 15.8. The molecule has 0 aliphatic carbocycles. The molecule has 0 saturated heterocycles. The Kier molecular flexibility index (Phi) is 12.3. The van der Waals surface area contributed by atoms with Crippen molar-refractivity contribution in [2.75, 3.05) is 19.7 Å². The van der Waals surface area contributed by atoms with Crippen LogP contribution in [-0.4, -0.2) is 50.8 Å². The van der Waals surface area contributed by atoms with Crippen molar-refractivity contribution >= 4 is 22.8 Å². The van der Waals surface area contributed by atoms with Crippen LogP contribution in [0.2, 0.25) is 0 Å². The highest BCUT2D eigenvalue weighted by atomic mass is 32.3. The van der Waals surface area contributed by atoms with E-state index in [1.165, 1.54) is 12.1 Å². The molecule has 2 unspecified atom stereocenters. The number of fused-ring (bicyclic) bond motifs is 1. The first kappa shape index (κ1) is 37.4. The van der Waals surface area contributed by atoms with Crippen molar-refractivity contribution in [3.8, 4) is 0 Å². The van der Waals surface area contributed by atoms with Gasteiger partial charge in [0.1, 0.15) is 11.4 Å². The van der Waals surface area contributed by atoms with Crippen LogP contribution in [0.1, 0.15) is 92.3 Å². The Morgan fingerprint density at radius 3 is 2.50 bits per heavy atom. The number of aryl methyl sites for hydroxylation is 3. The number of rotatable bonds is 11. The summed E-state index contributed by atoms with van der Waals surface area (Å²) < 4.78 is 50.0. The maximum atomic E-state index is 14.0. The Morgan fingerprint density at radius 2 is 1.81 bits per heavy atom. The van der Waals surface area contributed by atoms with Gasteiger partial charge in [0.2, 0.25) is 0 Å². The number of amides is 1. The van der Waals surface area contributed by atoms with E-state index >= 15 is 0 Å². The van der Waals surface area contributed by atoms with Gasteiger partial charge in [-0.15, -0.1) is 10.8 Å². The number of carbonyl (C=O) groups is 2. The number of hydrogen-bond donors (Lipinski definition) is 3. The van der Waals surface area contributed by atoms with Gasteiger partial charge >= 0.3 is 12.1 Å². The van der Waals surface area contributed by atoms with E-state index in [0.29, 0.717) is 31.0 Å². The molecule has 1 aliphatic rings. The first-order chi connectivity index (χ1) is 22.6. The number of carbonyl (C=O) groups excluding carboxylic acids is 2. The number of nitrogens with one attached hydrogen (secondary N) is 1. The Morgan fingerprint density at radius 1 is 1.06 bits per heavy atom. The first-order valence-electron chi connectivity index (χ1n) is 16.7. The second-order valence-corrected chi connectivity index (χ2v) is 15.9. The van der Waals surface area contributed by atoms with Crippen LogP contribution >= 0.6 is 10.8 Å². The maximum absolute atomic E-state index is 14.0. The van der Waals surface area contributed by atoms with Crippen LogP contribution in [0.5, 0.6) is 0 Å². The monoisotopic (exact) mass is 682 g/mol. The van der Waals surface area contributed by atoms with E-state index in [9.17, 15) is 23.1 Å². The highest BCUT2D eigenvalue weighted by Crippen LogP contribution is 2.56. The molecule has 0 bridgehead atoms. The van der Waals surface area contributed by atoms with E-state index in [1.807, 2.05) is 65.0 Å². The van der Waals surface area contributed by atoms with E-state index in [1.54, 1.807) is 17.3 Å². The molecule has 48 heavy (non-hydrogen) atoms. The van der Waals surface area contributed by atoms with Crippen LogP contribution in [0, 0.1) is 25.6 Å². The number of alkyl carbamates (subject to hydrolysis) is 1. The zero-order valence-electron chi connectivity index (χ0n) is 29.3. The van der Waals surface area contributed by atoms with Crippen molar-refractivity contribution in [2.45, 2.75) is 97.1 Å². The molecular weight excluding hydrogens is 631 g/mol. The fourth-order valence-corrected chi connectivity index (χ4v) is 8.09. The predicted molar refractivity (Wildman–Crippen MR) is 189 cm³/mol. The van der Waals surface area contributed by atoms with Crippen molar-refractivity contribution in [1.29, 1.82) is 0 Å². The molecule has 2 atom stereocenters. The smallest absolute Gasteiger partial charge is 0.407 e. The van der Waals surface area contributed by atoms with Crippen molar-refractivity contribution in [2.24, 2.45) is 5.92 Å². The molecule has 0 radical (unpaired) electrons. The highest BCUT2D eigenvalue weighted by molar-refractivity contribution is 8.22. The molecule has 3 aromatic carbocycles. The molecule has 8 nitrogen and oxygen atoms in total. The molecule has 3 N–H and O–H groups in total. The van der Waals surface area contributed by atoms with E-state index in [-0.39, 0.29) is 36.7 Å². The normalized spacial score (nSPS) is 17.5. The van der Waals surface area contributed by atoms with Crippen LogP contribution in [-0.2, 0) is 33.7 Å². The Bertz CT molecular complexity index is 1600. The molecule has 262 valence electrons. The lowest BCUT2D eigenvalue weighted by atomic mass is 9.84. The number of hydrogen-bond acceptors (Lipinski definition) is 7. The molecular formula is C38H51FN2O6S. The molecule has 3 aromatic rings. The van der Waals surface area contributed by atoms with Gasteiger partial charge in [-0.1, -0.05) is 43.3 Å². The van der Waals surface area contributed by atoms with Crippen molar-refractivity contribution in [3.05, 3.63) is 99.4 Å². The fraction of sp³-hybridized carbons (Fsp3) is 0.474. The minimum absolute atomic E-state index is 0.103. The zero-order chi connectivity index (χ0) is 35.2. The van der Waals surface area contributed by atoms with Crippen molar-refractivity contribution in [3.63, 3.8) is 0 Å². The minimum Gasteiger partial charge on any atom is -0.466 e. The second-order valence-electron chi connectivity index (χ2n) is 13.9. The molecule has 1 heterocycles. The lowest BCUT2D eigenvalue weighted by Crippen LogP contribution is -2.33. The predicted octanol–water partition coefficient (Wildman–Crippen LogP) is 8.70. The molecule has 1 aliphatic heterocycles. The van der Waals surface area contributed by atoms with E-state index in [0.717, 1.165) is 51.8 Å². The largest absolute Gasteiger partial charge is 0.466 e. The fourth-order valence-electron chi connectivity index (χ4n) is 6.29. The molecule has 0 aromatic heterocycles. The number of halogens is 1. The van der Waals surface area contributed by atoms with Crippen LogP contribution < -0.4 is 5.32 Å². The summed E-state index contributed by atoms with van der Waals surface area (Å²) >= 11 is 0. The standard InChI is InChI=1S/C38H51FN2O6S/c1-8-46-36(42)22-34(33-15-14-32(39)19-27(33)4)29-13-11-26(3)31(21-29)24-41-23-25(2)18-30-20-28(12-16-35(30)48(41,44)45)10-9-17-40-37(43)47-38(5,6)7/h11-16,19-21,25,34,44-45H,8-10,17-18,22-24H2,1-7H3,(H,40,43). The molecule has 4 rings (SSSR count). The van der Waals surface area contributed by atoms with Gasteiger partial charge in [-0.25, -0.2) is 9.18 Å². The summed E-state index contributed by atoms with van der Waals surface area (Å²) in [5.74, 6) is -0.868. The van der Waals surface area contributed by atoms with Crippen molar-refractivity contribution in [1.82, 2.24) is 9.62 Å². The third-order valence-corrected chi connectivity index (χ3v) is 10.6. The Balaban J connectivity index is 1.56. The van der Waals surface area contributed by atoms with E-state index in [2.05, 4.69) is 18.3 Å². The van der Waals surface area contributed by atoms with E-state index < -0.39 is 22.5 Å². The van der Waals surface area contributed by atoms with Crippen LogP contribution in [0.15, 0.2) is 59.5 Å². The van der Waals surface area contributed by atoms with Gasteiger partial charge in [0.25, 0.3) is 0 Å². The van der Waals surface area contributed by atoms with E-state index in [4.69, 9.17) is 9.47 Å². The summed E-state index contributed by atoms with van der Waals surface area (Å²) in [7, 11) is -3.32. The number of ether oxygens (including phenoxy) is 2. The third-order valence-electron chi connectivity index (χ3n) is 8.58. The van der Waals surface area contributed by atoms with Gasteiger partial charge in [-0.3, -0.25) is 13.9 Å². The number of benzene rings is 3. The topological polar surface area (TPSA) is 108 Å². The summed E-state index contributed by atoms with van der Waals surface area (Å²) in [4.78, 5) is 25.2. The molecule has 0 saturated carbocycles.